The van der Waals surface area contributed by atoms with E-state index < -0.39 is 0 Å². The SMILES string of the molecule is CCc1nc(-c2ccc(C)cc2)nc2[nH]cc(CN)c12. The summed E-state index contributed by atoms with van der Waals surface area (Å²) in [7, 11) is 0. The maximum absolute atomic E-state index is 5.77. The van der Waals surface area contributed by atoms with Gasteiger partial charge in [0, 0.05) is 23.7 Å². The molecule has 2 heterocycles. The molecule has 0 radical (unpaired) electrons. The highest BCUT2D eigenvalue weighted by Gasteiger charge is 2.12. The van der Waals surface area contributed by atoms with Gasteiger partial charge in [0.15, 0.2) is 5.82 Å². The molecular formula is C16H18N4. The molecule has 3 aromatic rings. The Morgan fingerprint density at radius 3 is 2.55 bits per heavy atom. The van der Waals surface area contributed by atoms with Crippen molar-refractivity contribution in [2.24, 2.45) is 5.73 Å². The van der Waals surface area contributed by atoms with Crippen molar-refractivity contribution >= 4 is 11.0 Å². The van der Waals surface area contributed by atoms with Crippen molar-refractivity contribution in [2.45, 2.75) is 26.8 Å². The highest BCUT2D eigenvalue weighted by atomic mass is 15.0. The van der Waals surface area contributed by atoms with Crippen molar-refractivity contribution in [1.82, 2.24) is 15.0 Å². The minimum Gasteiger partial charge on any atom is -0.346 e. The molecule has 4 heteroatoms. The van der Waals surface area contributed by atoms with Gasteiger partial charge < -0.3 is 10.7 Å². The number of nitrogens with one attached hydrogen (secondary N) is 1. The third-order valence-electron chi connectivity index (χ3n) is 3.55. The summed E-state index contributed by atoms with van der Waals surface area (Å²) in [5, 5.41) is 1.07. The van der Waals surface area contributed by atoms with Crippen LogP contribution in [0.1, 0.15) is 23.7 Å². The number of hydrogen-bond acceptors (Lipinski definition) is 3. The van der Waals surface area contributed by atoms with Crippen LogP contribution >= 0.6 is 0 Å². The maximum atomic E-state index is 5.77. The van der Waals surface area contributed by atoms with Crippen LogP contribution in [0.25, 0.3) is 22.4 Å². The number of aromatic amines is 1. The van der Waals surface area contributed by atoms with Crippen molar-refractivity contribution in [2.75, 3.05) is 0 Å². The molecule has 0 bridgehead atoms. The van der Waals surface area contributed by atoms with Gasteiger partial charge in [0.05, 0.1) is 5.69 Å². The quantitative estimate of drug-likeness (QED) is 0.766. The van der Waals surface area contributed by atoms with Gasteiger partial charge in [-0.2, -0.15) is 0 Å². The van der Waals surface area contributed by atoms with Gasteiger partial charge >= 0.3 is 0 Å². The van der Waals surface area contributed by atoms with Gasteiger partial charge in [-0.3, -0.25) is 0 Å². The van der Waals surface area contributed by atoms with Crippen LogP contribution in [0.2, 0.25) is 0 Å². The number of aryl methyl sites for hydroxylation is 2. The van der Waals surface area contributed by atoms with E-state index in [0.717, 1.165) is 40.1 Å². The summed E-state index contributed by atoms with van der Waals surface area (Å²) in [5.74, 6) is 0.764. The number of benzene rings is 1. The van der Waals surface area contributed by atoms with Crippen LogP contribution in [0.15, 0.2) is 30.5 Å². The zero-order chi connectivity index (χ0) is 14.1. The summed E-state index contributed by atoms with van der Waals surface area (Å²) in [5.41, 5.74) is 11.0. The molecular weight excluding hydrogens is 248 g/mol. The number of aromatic nitrogens is 3. The molecule has 3 N–H and O–H groups in total. The molecule has 4 nitrogen and oxygen atoms in total. The predicted molar refractivity (Wildman–Crippen MR) is 81.3 cm³/mol. The molecule has 0 aliphatic rings. The third kappa shape index (κ3) is 2.08. The van der Waals surface area contributed by atoms with E-state index in [1.54, 1.807) is 0 Å². The molecule has 3 rings (SSSR count). The Morgan fingerprint density at radius 1 is 1.15 bits per heavy atom. The van der Waals surface area contributed by atoms with Crippen LogP contribution in [0.4, 0.5) is 0 Å². The van der Waals surface area contributed by atoms with Crippen LogP contribution in [0, 0.1) is 6.92 Å². The second-order valence-electron chi connectivity index (χ2n) is 4.96. The third-order valence-corrected chi connectivity index (χ3v) is 3.55. The van der Waals surface area contributed by atoms with Crippen molar-refractivity contribution in [3.8, 4) is 11.4 Å². The monoisotopic (exact) mass is 266 g/mol. The van der Waals surface area contributed by atoms with E-state index in [4.69, 9.17) is 10.7 Å². The van der Waals surface area contributed by atoms with Crippen molar-refractivity contribution < 1.29 is 0 Å². The molecule has 0 saturated heterocycles. The normalized spacial score (nSPS) is 11.2. The standard InChI is InChI=1S/C16H18N4/c1-3-13-14-12(8-17)9-18-16(14)20-15(19-13)11-6-4-10(2)5-7-11/h4-7,9H,3,8,17H2,1-2H3,(H,18,19,20). The lowest BCUT2D eigenvalue weighted by atomic mass is 10.1. The minimum atomic E-state index is 0.500. The maximum Gasteiger partial charge on any atom is 0.161 e. The minimum absolute atomic E-state index is 0.500. The Morgan fingerprint density at radius 2 is 1.90 bits per heavy atom. The molecule has 2 aromatic heterocycles. The molecule has 0 fully saturated rings. The molecule has 0 atom stereocenters. The van der Waals surface area contributed by atoms with E-state index in [-0.39, 0.29) is 0 Å². The van der Waals surface area contributed by atoms with Gasteiger partial charge in [0.2, 0.25) is 0 Å². The summed E-state index contributed by atoms with van der Waals surface area (Å²) in [6.07, 6.45) is 2.79. The van der Waals surface area contributed by atoms with E-state index >= 15 is 0 Å². The summed E-state index contributed by atoms with van der Waals surface area (Å²) in [6, 6.07) is 8.27. The lowest BCUT2D eigenvalue weighted by Gasteiger charge is -2.06. The zero-order valence-electron chi connectivity index (χ0n) is 11.8. The Kier molecular flexibility index (Phi) is 3.24. The first-order chi connectivity index (χ1) is 9.72. The fourth-order valence-electron chi connectivity index (χ4n) is 2.43. The van der Waals surface area contributed by atoms with Gasteiger partial charge in [-0.1, -0.05) is 36.8 Å². The highest BCUT2D eigenvalue weighted by Crippen LogP contribution is 2.24. The van der Waals surface area contributed by atoms with Gasteiger partial charge in [-0.05, 0) is 18.9 Å². The van der Waals surface area contributed by atoms with Crippen molar-refractivity contribution in [1.29, 1.82) is 0 Å². The highest BCUT2D eigenvalue weighted by molar-refractivity contribution is 5.84. The fourth-order valence-corrected chi connectivity index (χ4v) is 2.43. The second kappa shape index (κ2) is 5.06. The van der Waals surface area contributed by atoms with Crippen molar-refractivity contribution in [3.05, 3.63) is 47.3 Å². The van der Waals surface area contributed by atoms with E-state index in [0.29, 0.717) is 6.54 Å². The summed E-state index contributed by atoms with van der Waals surface area (Å²) >= 11 is 0. The lowest BCUT2D eigenvalue weighted by molar-refractivity contribution is 1.02. The Labute approximate surface area is 118 Å². The van der Waals surface area contributed by atoms with E-state index in [1.807, 2.05) is 6.20 Å². The van der Waals surface area contributed by atoms with E-state index in [1.165, 1.54) is 5.56 Å². The largest absolute Gasteiger partial charge is 0.346 e. The molecule has 0 amide bonds. The van der Waals surface area contributed by atoms with Crippen LogP contribution in [0.5, 0.6) is 0 Å². The second-order valence-corrected chi connectivity index (χ2v) is 4.96. The number of rotatable bonds is 3. The number of H-pyrrole nitrogens is 1. The smallest absolute Gasteiger partial charge is 0.161 e. The van der Waals surface area contributed by atoms with E-state index in [9.17, 15) is 0 Å². The molecule has 0 aliphatic heterocycles. The molecule has 0 aliphatic carbocycles. The Bertz CT molecular complexity index is 741. The Hall–Kier alpha value is -2.20. The number of nitrogens with two attached hydrogens (primary N) is 1. The van der Waals surface area contributed by atoms with Crippen LogP contribution in [-0.2, 0) is 13.0 Å². The van der Waals surface area contributed by atoms with E-state index in [2.05, 4.69) is 48.1 Å². The van der Waals surface area contributed by atoms with Crippen LogP contribution in [0.3, 0.4) is 0 Å². The molecule has 102 valence electrons. The first kappa shape index (κ1) is 12.8. The molecule has 0 spiro atoms. The Balaban J connectivity index is 2.20. The topological polar surface area (TPSA) is 67.6 Å². The summed E-state index contributed by atoms with van der Waals surface area (Å²) < 4.78 is 0. The van der Waals surface area contributed by atoms with Crippen molar-refractivity contribution in [3.63, 3.8) is 0 Å². The van der Waals surface area contributed by atoms with Gasteiger partial charge in [-0.15, -0.1) is 0 Å². The molecule has 0 saturated carbocycles. The molecule has 20 heavy (non-hydrogen) atoms. The number of fused-ring (bicyclic) bond motifs is 1. The average Bonchev–Trinajstić information content (AvgIpc) is 2.90. The lowest BCUT2D eigenvalue weighted by Crippen LogP contribution is -2.00. The molecule has 1 aromatic carbocycles. The first-order valence-corrected chi connectivity index (χ1v) is 6.87. The van der Waals surface area contributed by atoms with Crippen LogP contribution < -0.4 is 5.73 Å². The zero-order valence-corrected chi connectivity index (χ0v) is 11.8. The summed E-state index contributed by atoms with van der Waals surface area (Å²) in [6.45, 7) is 4.68. The summed E-state index contributed by atoms with van der Waals surface area (Å²) in [4.78, 5) is 12.5. The van der Waals surface area contributed by atoms with Gasteiger partial charge in [0.25, 0.3) is 0 Å². The first-order valence-electron chi connectivity index (χ1n) is 6.87. The van der Waals surface area contributed by atoms with Crippen LogP contribution in [-0.4, -0.2) is 15.0 Å². The fraction of sp³-hybridized carbons (Fsp3) is 0.250. The average molecular weight is 266 g/mol. The number of nitrogens with zero attached hydrogens (tertiary/aromatic N) is 2. The van der Waals surface area contributed by atoms with Gasteiger partial charge in [-0.25, -0.2) is 9.97 Å². The molecule has 0 unspecified atom stereocenters. The van der Waals surface area contributed by atoms with Gasteiger partial charge in [0.1, 0.15) is 5.65 Å². The predicted octanol–water partition coefficient (Wildman–Crippen LogP) is 2.95. The number of hydrogen-bond donors (Lipinski definition) is 2.